The quantitative estimate of drug-likeness (QED) is 0.720. The third-order valence-corrected chi connectivity index (χ3v) is 3.68. The molecule has 6 heteroatoms. The van der Waals surface area contributed by atoms with Crippen LogP contribution in [0, 0.1) is 11.8 Å². The van der Waals surface area contributed by atoms with Crippen molar-refractivity contribution >= 4 is 29.0 Å². The molecule has 102 valence electrons. The molecule has 0 radical (unpaired) electrons. The van der Waals surface area contributed by atoms with Crippen LogP contribution in [0.3, 0.4) is 0 Å². The number of likely N-dealkylation sites (tertiary alicyclic amines) is 1. The van der Waals surface area contributed by atoms with E-state index in [9.17, 15) is 9.59 Å². The fraction of sp³-hybridized carbons (Fsp3) is 0.750. The summed E-state index contributed by atoms with van der Waals surface area (Å²) in [4.78, 5) is 25.8. The molecular formula is C12H21N3O2S. The molecule has 0 aromatic heterocycles. The summed E-state index contributed by atoms with van der Waals surface area (Å²) in [5.74, 6) is -0.561. The van der Waals surface area contributed by atoms with Crippen LogP contribution in [0.4, 0.5) is 0 Å². The largest absolute Gasteiger partial charge is 0.393 e. The second-order valence-electron chi connectivity index (χ2n) is 4.60. The van der Waals surface area contributed by atoms with E-state index in [-0.39, 0.29) is 22.7 Å². The number of piperidine rings is 1. The normalized spacial score (nSPS) is 21.2. The Balaban J connectivity index is 2.68. The van der Waals surface area contributed by atoms with E-state index in [4.69, 9.17) is 18.0 Å². The van der Waals surface area contributed by atoms with Gasteiger partial charge in [0, 0.05) is 20.1 Å². The minimum atomic E-state index is -0.400. The third kappa shape index (κ3) is 3.41. The van der Waals surface area contributed by atoms with Gasteiger partial charge in [-0.2, -0.15) is 0 Å². The molecular weight excluding hydrogens is 250 g/mol. The number of carbonyl (C=O) groups excluding carboxylic acids is 2. The first-order valence-corrected chi connectivity index (χ1v) is 6.71. The molecule has 0 aromatic rings. The molecule has 1 saturated heterocycles. The lowest BCUT2D eigenvalue weighted by molar-refractivity contribution is -0.137. The molecule has 1 heterocycles. The number of nitrogens with one attached hydrogen (secondary N) is 1. The number of nitrogens with zero attached hydrogens (tertiary/aromatic N) is 1. The number of thiocarbonyl (C=S) groups is 1. The van der Waals surface area contributed by atoms with Crippen molar-refractivity contribution in [2.45, 2.75) is 26.2 Å². The van der Waals surface area contributed by atoms with Gasteiger partial charge in [0.15, 0.2) is 0 Å². The number of hydrogen-bond acceptors (Lipinski definition) is 3. The Bertz CT molecular complexity index is 346. The van der Waals surface area contributed by atoms with E-state index in [2.05, 4.69) is 5.32 Å². The molecule has 0 aromatic carbocycles. The Morgan fingerprint density at radius 1 is 1.56 bits per heavy atom. The lowest BCUT2D eigenvalue weighted by Crippen LogP contribution is -2.48. The monoisotopic (exact) mass is 271 g/mol. The van der Waals surface area contributed by atoms with Gasteiger partial charge in [-0.1, -0.05) is 19.1 Å². The van der Waals surface area contributed by atoms with E-state index in [1.165, 1.54) is 0 Å². The molecule has 2 unspecified atom stereocenters. The molecule has 0 saturated carbocycles. The first-order valence-electron chi connectivity index (χ1n) is 6.30. The minimum Gasteiger partial charge on any atom is -0.393 e. The standard InChI is InChI=1S/C12H21N3O2S/c1-3-9(10(13)18)12(17)15-6-4-5-8(7-15)11(16)14-2/h8-9H,3-7H2,1-2H3,(H2,13,18)(H,14,16). The van der Waals surface area contributed by atoms with Gasteiger partial charge >= 0.3 is 0 Å². The highest BCUT2D eigenvalue weighted by Crippen LogP contribution is 2.19. The van der Waals surface area contributed by atoms with Crippen LogP contribution in [-0.4, -0.2) is 41.8 Å². The minimum absolute atomic E-state index is 0.00382. The van der Waals surface area contributed by atoms with Gasteiger partial charge in [-0.25, -0.2) is 0 Å². The second kappa shape index (κ2) is 6.68. The number of nitrogens with two attached hydrogens (primary N) is 1. The zero-order chi connectivity index (χ0) is 13.7. The van der Waals surface area contributed by atoms with Crippen LogP contribution >= 0.6 is 12.2 Å². The van der Waals surface area contributed by atoms with E-state index in [1.807, 2.05) is 6.92 Å². The highest BCUT2D eigenvalue weighted by atomic mass is 32.1. The van der Waals surface area contributed by atoms with Gasteiger partial charge in [0.05, 0.1) is 16.8 Å². The maximum Gasteiger partial charge on any atom is 0.232 e. The Labute approximate surface area is 113 Å². The summed E-state index contributed by atoms with van der Waals surface area (Å²) >= 11 is 4.92. The van der Waals surface area contributed by atoms with Crippen LogP contribution in [0.2, 0.25) is 0 Å². The Kier molecular flexibility index (Phi) is 5.53. The molecule has 18 heavy (non-hydrogen) atoms. The average molecular weight is 271 g/mol. The summed E-state index contributed by atoms with van der Waals surface area (Å²) in [6.07, 6.45) is 2.28. The Morgan fingerprint density at radius 3 is 2.72 bits per heavy atom. The van der Waals surface area contributed by atoms with Crippen LogP contribution < -0.4 is 11.1 Å². The van der Waals surface area contributed by atoms with Crippen LogP contribution in [0.5, 0.6) is 0 Å². The molecule has 0 bridgehead atoms. The zero-order valence-electron chi connectivity index (χ0n) is 10.9. The van der Waals surface area contributed by atoms with E-state index < -0.39 is 5.92 Å². The van der Waals surface area contributed by atoms with Crippen molar-refractivity contribution < 1.29 is 9.59 Å². The van der Waals surface area contributed by atoms with Crippen LogP contribution in [-0.2, 0) is 9.59 Å². The van der Waals surface area contributed by atoms with Crippen LogP contribution in [0.1, 0.15) is 26.2 Å². The molecule has 5 nitrogen and oxygen atoms in total. The molecule has 0 spiro atoms. The maximum atomic E-state index is 12.3. The van der Waals surface area contributed by atoms with Crippen molar-refractivity contribution in [3.63, 3.8) is 0 Å². The lowest BCUT2D eigenvalue weighted by atomic mass is 9.95. The summed E-state index contributed by atoms with van der Waals surface area (Å²) in [6.45, 7) is 3.05. The summed E-state index contributed by atoms with van der Waals surface area (Å²) in [6, 6.07) is 0. The molecule has 1 aliphatic heterocycles. The van der Waals surface area contributed by atoms with Crippen molar-refractivity contribution in [1.29, 1.82) is 0 Å². The maximum absolute atomic E-state index is 12.3. The molecule has 0 aliphatic carbocycles. The molecule has 3 N–H and O–H groups in total. The Morgan fingerprint density at radius 2 is 2.22 bits per heavy atom. The lowest BCUT2D eigenvalue weighted by Gasteiger charge is -2.33. The molecule has 1 aliphatic rings. The van der Waals surface area contributed by atoms with Gasteiger partial charge in [0.1, 0.15) is 0 Å². The fourth-order valence-corrected chi connectivity index (χ4v) is 2.58. The molecule has 1 fully saturated rings. The van der Waals surface area contributed by atoms with Gasteiger partial charge in [-0.15, -0.1) is 0 Å². The topological polar surface area (TPSA) is 75.4 Å². The van der Waals surface area contributed by atoms with Gasteiger partial charge in [-0.3, -0.25) is 9.59 Å². The van der Waals surface area contributed by atoms with Gasteiger partial charge in [0.25, 0.3) is 0 Å². The van der Waals surface area contributed by atoms with Gasteiger partial charge in [0.2, 0.25) is 11.8 Å². The SMILES string of the molecule is CCC(C(=O)N1CCCC(C(=O)NC)C1)C(N)=S. The van der Waals surface area contributed by atoms with Crippen molar-refractivity contribution in [2.24, 2.45) is 17.6 Å². The van der Waals surface area contributed by atoms with Crippen LogP contribution in [0.15, 0.2) is 0 Å². The van der Waals surface area contributed by atoms with E-state index in [1.54, 1.807) is 11.9 Å². The van der Waals surface area contributed by atoms with Gasteiger partial charge < -0.3 is 16.0 Å². The van der Waals surface area contributed by atoms with E-state index in [0.717, 1.165) is 12.8 Å². The summed E-state index contributed by atoms with van der Waals surface area (Å²) in [5.41, 5.74) is 5.58. The second-order valence-corrected chi connectivity index (χ2v) is 5.07. The fourth-order valence-electron chi connectivity index (χ4n) is 2.31. The predicted octanol–water partition coefficient (Wildman–Crippen LogP) is 0.283. The Hall–Kier alpha value is -1.17. The zero-order valence-corrected chi connectivity index (χ0v) is 11.8. The van der Waals surface area contributed by atoms with Crippen molar-refractivity contribution in [2.75, 3.05) is 20.1 Å². The van der Waals surface area contributed by atoms with Crippen molar-refractivity contribution in [1.82, 2.24) is 10.2 Å². The van der Waals surface area contributed by atoms with Gasteiger partial charge in [-0.05, 0) is 19.3 Å². The summed E-state index contributed by atoms with van der Waals surface area (Å²) in [5, 5.41) is 2.63. The van der Waals surface area contributed by atoms with Crippen molar-refractivity contribution in [3.8, 4) is 0 Å². The molecule has 2 amide bonds. The third-order valence-electron chi connectivity index (χ3n) is 3.40. The predicted molar refractivity (Wildman–Crippen MR) is 73.9 cm³/mol. The first kappa shape index (κ1) is 14.9. The van der Waals surface area contributed by atoms with E-state index in [0.29, 0.717) is 19.5 Å². The smallest absolute Gasteiger partial charge is 0.232 e. The summed E-state index contributed by atoms with van der Waals surface area (Å²) in [7, 11) is 1.62. The number of hydrogen-bond donors (Lipinski definition) is 2. The number of rotatable bonds is 4. The summed E-state index contributed by atoms with van der Waals surface area (Å²) < 4.78 is 0. The number of amides is 2. The number of carbonyl (C=O) groups is 2. The highest BCUT2D eigenvalue weighted by Gasteiger charge is 2.31. The first-order chi connectivity index (χ1) is 8.51. The molecule has 1 rings (SSSR count). The van der Waals surface area contributed by atoms with Crippen molar-refractivity contribution in [3.05, 3.63) is 0 Å². The van der Waals surface area contributed by atoms with E-state index >= 15 is 0 Å². The van der Waals surface area contributed by atoms with Crippen LogP contribution in [0.25, 0.3) is 0 Å². The average Bonchev–Trinajstić information content (AvgIpc) is 2.38. The molecule has 2 atom stereocenters. The highest BCUT2D eigenvalue weighted by molar-refractivity contribution is 7.80.